The Labute approximate surface area is 186 Å². The van der Waals surface area contributed by atoms with Crippen molar-refractivity contribution in [3.8, 4) is 0 Å². The third-order valence-corrected chi connectivity index (χ3v) is 5.60. The van der Waals surface area contributed by atoms with Crippen molar-refractivity contribution in [1.82, 2.24) is 15.1 Å². The predicted molar refractivity (Wildman–Crippen MR) is 127 cm³/mol. The number of nitrogens with zero attached hydrogens (tertiary/aromatic N) is 4. The molecular formula is C23H28FN7O. The van der Waals surface area contributed by atoms with Gasteiger partial charge < -0.3 is 21.3 Å². The number of carbonyl (C=O) groups excluding carboxylic acids is 1. The summed E-state index contributed by atoms with van der Waals surface area (Å²) < 4.78 is 15.9. The van der Waals surface area contributed by atoms with Crippen molar-refractivity contribution in [2.75, 3.05) is 36.1 Å². The van der Waals surface area contributed by atoms with Crippen molar-refractivity contribution in [2.45, 2.75) is 25.9 Å². The number of piperazine rings is 1. The van der Waals surface area contributed by atoms with Crippen LogP contribution in [0.25, 0.3) is 10.9 Å². The van der Waals surface area contributed by atoms with Crippen LogP contribution >= 0.6 is 0 Å². The van der Waals surface area contributed by atoms with E-state index in [4.69, 9.17) is 5.73 Å². The number of amides is 1. The van der Waals surface area contributed by atoms with E-state index in [1.807, 2.05) is 19.3 Å². The van der Waals surface area contributed by atoms with E-state index in [0.29, 0.717) is 34.4 Å². The average Bonchev–Trinajstić information content (AvgIpc) is 3.11. The number of nitrogen functional groups attached to an aromatic ring is 1. The van der Waals surface area contributed by atoms with Gasteiger partial charge in [-0.3, -0.25) is 14.5 Å². The van der Waals surface area contributed by atoms with Crippen molar-refractivity contribution in [3.63, 3.8) is 0 Å². The van der Waals surface area contributed by atoms with E-state index in [-0.39, 0.29) is 11.6 Å². The van der Waals surface area contributed by atoms with E-state index in [2.05, 4.69) is 39.5 Å². The zero-order chi connectivity index (χ0) is 23.0. The van der Waals surface area contributed by atoms with Crippen LogP contribution in [0.1, 0.15) is 29.8 Å². The molecule has 1 fully saturated rings. The summed E-state index contributed by atoms with van der Waals surface area (Å²) in [6, 6.07) is 7.25. The molecule has 9 heteroatoms. The third kappa shape index (κ3) is 4.16. The van der Waals surface area contributed by atoms with Crippen LogP contribution in [0.4, 0.5) is 21.5 Å². The number of nitrogens with one attached hydrogen (secondary N) is 2. The van der Waals surface area contributed by atoms with Gasteiger partial charge in [0.05, 0.1) is 11.3 Å². The monoisotopic (exact) mass is 437 g/mol. The fourth-order valence-corrected chi connectivity index (χ4v) is 4.34. The van der Waals surface area contributed by atoms with Gasteiger partial charge in [0.1, 0.15) is 11.3 Å². The Morgan fingerprint density at radius 2 is 2.03 bits per heavy atom. The number of halogens is 1. The molecule has 0 bridgehead atoms. The molecule has 1 aliphatic rings. The standard InChI is InChI=1S/C23H28FN7O/c1-13-10-31(11-14(2)27-13)20-6-5-17(22-18(20)12-30(4)29-22)23(32)28-16-7-15(9-26-3)21(25)19(24)8-16/h5-9,12-14,27H,10-11,25H2,1-4H3,(H,28,32)/t13-,14-/m0/s1. The van der Waals surface area contributed by atoms with Crippen LogP contribution in [0, 0.1) is 5.82 Å². The molecule has 3 aromatic rings. The van der Waals surface area contributed by atoms with Crippen molar-refractivity contribution >= 4 is 40.1 Å². The van der Waals surface area contributed by atoms with Gasteiger partial charge in [-0.15, -0.1) is 0 Å². The number of anilines is 3. The molecule has 2 heterocycles. The molecule has 0 aliphatic carbocycles. The summed E-state index contributed by atoms with van der Waals surface area (Å²) in [4.78, 5) is 19.3. The Balaban J connectivity index is 1.69. The second-order valence-corrected chi connectivity index (χ2v) is 8.37. The zero-order valence-electron chi connectivity index (χ0n) is 18.7. The molecule has 0 saturated carbocycles. The number of hydrogen-bond donors (Lipinski definition) is 3. The van der Waals surface area contributed by atoms with Crippen molar-refractivity contribution in [1.29, 1.82) is 0 Å². The summed E-state index contributed by atoms with van der Waals surface area (Å²) in [5.41, 5.74) is 8.53. The molecule has 1 amide bonds. The highest BCUT2D eigenvalue weighted by molar-refractivity contribution is 6.14. The lowest BCUT2D eigenvalue weighted by Gasteiger charge is -2.38. The first-order valence-corrected chi connectivity index (χ1v) is 10.6. The third-order valence-electron chi connectivity index (χ3n) is 5.60. The van der Waals surface area contributed by atoms with Crippen LogP contribution in [0.2, 0.25) is 0 Å². The lowest BCUT2D eigenvalue weighted by Crippen LogP contribution is -2.54. The molecular weight excluding hydrogens is 409 g/mol. The molecule has 2 aromatic carbocycles. The van der Waals surface area contributed by atoms with Gasteiger partial charge >= 0.3 is 0 Å². The van der Waals surface area contributed by atoms with E-state index in [1.165, 1.54) is 12.3 Å². The number of fused-ring (bicyclic) bond motifs is 1. The summed E-state index contributed by atoms with van der Waals surface area (Å²) in [6.45, 7) is 6.06. The van der Waals surface area contributed by atoms with Crippen LogP contribution in [0.5, 0.6) is 0 Å². The first kappa shape index (κ1) is 21.8. The first-order chi connectivity index (χ1) is 15.3. The number of aromatic nitrogens is 2. The lowest BCUT2D eigenvalue weighted by molar-refractivity contribution is 0.102. The molecule has 1 aliphatic heterocycles. The second-order valence-electron chi connectivity index (χ2n) is 8.37. The minimum atomic E-state index is -0.613. The van der Waals surface area contributed by atoms with Crippen molar-refractivity contribution in [2.24, 2.45) is 12.0 Å². The van der Waals surface area contributed by atoms with Gasteiger partial charge in [0.15, 0.2) is 0 Å². The van der Waals surface area contributed by atoms with Crippen LogP contribution in [-0.4, -0.2) is 54.1 Å². The van der Waals surface area contributed by atoms with E-state index < -0.39 is 5.82 Å². The Morgan fingerprint density at radius 1 is 1.31 bits per heavy atom. The Hall–Kier alpha value is -3.46. The molecule has 4 N–H and O–H groups in total. The minimum absolute atomic E-state index is 0.00968. The normalized spacial score (nSPS) is 19.1. The smallest absolute Gasteiger partial charge is 0.257 e. The predicted octanol–water partition coefficient (Wildman–Crippen LogP) is 2.78. The number of aliphatic imine (C=N–C) groups is 1. The van der Waals surface area contributed by atoms with Crippen LogP contribution in [0.3, 0.4) is 0 Å². The topological polar surface area (TPSA) is 101 Å². The van der Waals surface area contributed by atoms with Gasteiger partial charge in [-0.2, -0.15) is 5.10 Å². The number of benzene rings is 2. The molecule has 0 spiro atoms. The molecule has 32 heavy (non-hydrogen) atoms. The van der Waals surface area contributed by atoms with Gasteiger partial charge in [-0.25, -0.2) is 4.39 Å². The lowest BCUT2D eigenvalue weighted by atomic mass is 10.1. The highest BCUT2D eigenvalue weighted by Crippen LogP contribution is 2.31. The maximum Gasteiger partial charge on any atom is 0.257 e. The van der Waals surface area contributed by atoms with Crippen molar-refractivity contribution in [3.05, 3.63) is 47.4 Å². The molecule has 4 rings (SSSR count). The van der Waals surface area contributed by atoms with E-state index in [0.717, 1.165) is 24.2 Å². The van der Waals surface area contributed by atoms with Gasteiger partial charge in [0.25, 0.3) is 5.91 Å². The maximum absolute atomic E-state index is 14.2. The summed E-state index contributed by atoms with van der Waals surface area (Å²) in [6.07, 6.45) is 3.38. The largest absolute Gasteiger partial charge is 0.396 e. The fourth-order valence-electron chi connectivity index (χ4n) is 4.34. The molecule has 168 valence electrons. The summed E-state index contributed by atoms with van der Waals surface area (Å²) in [5.74, 6) is -0.983. The van der Waals surface area contributed by atoms with Gasteiger partial charge in [-0.1, -0.05) is 0 Å². The first-order valence-electron chi connectivity index (χ1n) is 10.6. The average molecular weight is 438 g/mol. The Morgan fingerprint density at radius 3 is 2.72 bits per heavy atom. The van der Waals surface area contributed by atoms with Crippen LogP contribution in [0.15, 0.2) is 35.5 Å². The highest BCUT2D eigenvalue weighted by atomic mass is 19.1. The summed E-state index contributed by atoms with van der Waals surface area (Å²) in [5, 5.41) is 11.8. The molecule has 1 aromatic heterocycles. The minimum Gasteiger partial charge on any atom is -0.396 e. The number of carbonyl (C=O) groups is 1. The molecule has 0 unspecified atom stereocenters. The SMILES string of the molecule is CN=Cc1cc(NC(=O)c2ccc(N3C[C@H](C)N[C@@H](C)C3)c3cn(C)nc23)cc(F)c1N. The van der Waals surface area contributed by atoms with E-state index in [1.54, 1.807) is 23.9 Å². The number of hydrogen-bond acceptors (Lipinski definition) is 6. The fraction of sp³-hybridized carbons (Fsp3) is 0.348. The van der Waals surface area contributed by atoms with E-state index >= 15 is 0 Å². The van der Waals surface area contributed by atoms with Crippen LogP contribution < -0.4 is 21.3 Å². The molecule has 1 saturated heterocycles. The van der Waals surface area contributed by atoms with E-state index in [9.17, 15) is 9.18 Å². The van der Waals surface area contributed by atoms with Gasteiger partial charge in [0, 0.05) is 74.0 Å². The maximum atomic E-state index is 14.2. The zero-order valence-corrected chi connectivity index (χ0v) is 18.7. The number of rotatable bonds is 4. The number of nitrogens with two attached hydrogens (primary N) is 1. The van der Waals surface area contributed by atoms with Gasteiger partial charge in [-0.05, 0) is 38.1 Å². The highest BCUT2D eigenvalue weighted by Gasteiger charge is 2.25. The van der Waals surface area contributed by atoms with Crippen LogP contribution in [-0.2, 0) is 7.05 Å². The van der Waals surface area contributed by atoms with Crippen molar-refractivity contribution < 1.29 is 9.18 Å². The molecule has 8 nitrogen and oxygen atoms in total. The molecule has 2 atom stereocenters. The second kappa shape index (κ2) is 8.58. The van der Waals surface area contributed by atoms with Gasteiger partial charge in [0.2, 0.25) is 0 Å². The molecule has 0 radical (unpaired) electrons. The quantitative estimate of drug-likeness (QED) is 0.430. The summed E-state index contributed by atoms with van der Waals surface area (Å²) in [7, 11) is 3.40. The number of aryl methyl sites for hydroxylation is 1. The Kier molecular flexibility index (Phi) is 5.84. The Bertz CT molecular complexity index is 1190. The summed E-state index contributed by atoms with van der Waals surface area (Å²) >= 11 is 0.